The Morgan fingerprint density at radius 2 is 1.82 bits per heavy atom. The topological polar surface area (TPSA) is 32.3 Å². The minimum absolute atomic E-state index is 0.139. The summed E-state index contributed by atoms with van der Waals surface area (Å²) in [5.41, 5.74) is -0.973. The quantitative estimate of drug-likeness (QED) is 0.788. The molecule has 0 saturated heterocycles. The second-order valence-electron chi connectivity index (χ2n) is 4.57. The third-order valence-corrected chi connectivity index (χ3v) is 2.60. The van der Waals surface area contributed by atoms with Gasteiger partial charge in [-0.25, -0.2) is 0 Å². The van der Waals surface area contributed by atoms with Crippen molar-refractivity contribution in [2.24, 2.45) is 0 Å². The number of nitrogens with zero attached hydrogens (tertiary/aromatic N) is 1. The van der Waals surface area contributed by atoms with Crippen LogP contribution in [-0.4, -0.2) is 42.7 Å². The van der Waals surface area contributed by atoms with Gasteiger partial charge in [0, 0.05) is 6.54 Å². The number of hydrogen-bond acceptors (Lipinski definition) is 2. The van der Waals surface area contributed by atoms with Gasteiger partial charge in [-0.15, -0.1) is 0 Å². The van der Waals surface area contributed by atoms with Gasteiger partial charge < -0.3 is 10.2 Å². The maximum Gasteiger partial charge on any atom is 0.406 e. The predicted molar refractivity (Wildman–Crippen MR) is 60.7 cm³/mol. The standard InChI is InChI=1S/C11H21F3N2O/c1-5-6-7-16(8-11(12,13)14)9(17)10(2,3)15-4/h15H,5-8H2,1-4H3. The first-order valence-corrected chi connectivity index (χ1v) is 5.69. The van der Waals surface area contributed by atoms with E-state index in [0.717, 1.165) is 11.3 Å². The molecule has 0 radical (unpaired) electrons. The molecule has 0 atom stereocenters. The van der Waals surface area contributed by atoms with E-state index in [1.807, 2.05) is 6.92 Å². The SMILES string of the molecule is CCCCN(CC(F)(F)F)C(=O)C(C)(C)NC. The van der Waals surface area contributed by atoms with E-state index in [-0.39, 0.29) is 6.54 Å². The summed E-state index contributed by atoms with van der Waals surface area (Å²) in [5, 5.41) is 2.73. The van der Waals surface area contributed by atoms with Gasteiger partial charge in [-0.1, -0.05) is 13.3 Å². The van der Waals surface area contributed by atoms with E-state index in [2.05, 4.69) is 5.32 Å². The lowest BCUT2D eigenvalue weighted by molar-refractivity contribution is -0.164. The van der Waals surface area contributed by atoms with Crippen molar-refractivity contribution < 1.29 is 18.0 Å². The fourth-order valence-electron chi connectivity index (χ4n) is 1.32. The Morgan fingerprint density at radius 3 is 2.18 bits per heavy atom. The smallest absolute Gasteiger partial charge is 0.332 e. The molecule has 6 heteroatoms. The molecule has 0 spiro atoms. The molecule has 0 fully saturated rings. The van der Waals surface area contributed by atoms with Crippen LogP contribution in [0.5, 0.6) is 0 Å². The van der Waals surface area contributed by atoms with Crippen molar-refractivity contribution in [2.45, 2.75) is 45.3 Å². The summed E-state index contributed by atoms with van der Waals surface area (Å²) in [6.45, 7) is 3.98. The average molecular weight is 254 g/mol. The number of halogens is 3. The highest BCUT2D eigenvalue weighted by Gasteiger charge is 2.37. The number of alkyl halides is 3. The average Bonchev–Trinajstić information content (AvgIpc) is 2.21. The Morgan fingerprint density at radius 1 is 1.29 bits per heavy atom. The number of nitrogens with one attached hydrogen (secondary N) is 1. The fraction of sp³-hybridized carbons (Fsp3) is 0.909. The van der Waals surface area contributed by atoms with E-state index in [1.54, 1.807) is 20.9 Å². The molecular formula is C11H21F3N2O. The van der Waals surface area contributed by atoms with Crippen LogP contribution in [0.3, 0.4) is 0 Å². The van der Waals surface area contributed by atoms with Crippen molar-refractivity contribution in [3.05, 3.63) is 0 Å². The number of carbonyl (C=O) groups excluding carboxylic acids is 1. The van der Waals surface area contributed by atoms with Crippen molar-refractivity contribution >= 4 is 5.91 Å². The first-order chi connectivity index (χ1) is 7.64. The molecule has 0 unspecified atom stereocenters. The molecule has 0 rings (SSSR count). The molecule has 3 nitrogen and oxygen atoms in total. The van der Waals surface area contributed by atoms with Crippen molar-refractivity contribution in [3.63, 3.8) is 0 Å². The van der Waals surface area contributed by atoms with Gasteiger partial charge in [0.15, 0.2) is 0 Å². The third-order valence-electron chi connectivity index (χ3n) is 2.60. The molecular weight excluding hydrogens is 233 g/mol. The Balaban J connectivity index is 4.73. The monoisotopic (exact) mass is 254 g/mol. The second-order valence-corrected chi connectivity index (χ2v) is 4.57. The van der Waals surface area contributed by atoms with Gasteiger partial charge >= 0.3 is 6.18 Å². The molecule has 0 aliphatic heterocycles. The lowest BCUT2D eigenvalue weighted by Crippen LogP contribution is -2.54. The van der Waals surface area contributed by atoms with E-state index in [9.17, 15) is 18.0 Å². The van der Waals surface area contributed by atoms with Crippen LogP contribution in [0.2, 0.25) is 0 Å². The van der Waals surface area contributed by atoms with Gasteiger partial charge in [-0.05, 0) is 27.3 Å². The molecule has 1 N–H and O–H groups in total. The highest BCUT2D eigenvalue weighted by Crippen LogP contribution is 2.19. The Hall–Kier alpha value is -0.780. The van der Waals surface area contributed by atoms with Crippen LogP contribution >= 0.6 is 0 Å². The number of unbranched alkanes of at least 4 members (excludes halogenated alkanes) is 1. The molecule has 0 aromatic rings. The normalized spacial score (nSPS) is 12.6. The molecule has 17 heavy (non-hydrogen) atoms. The van der Waals surface area contributed by atoms with Crippen LogP contribution in [-0.2, 0) is 4.79 Å². The van der Waals surface area contributed by atoms with Crippen LogP contribution in [0.15, 0.2) is 0 Å². The highest BCUT2D eigenvalue weighted by molar-refractivity contribution is 5.85. The van der Waals surface area contributed by atoms with E-state index in [4.69, 9.17) is 0 Å². The summed E-state index contributed by atoms with van der Waals surface area (Å²) in [6.07, 6.45) is -3.03. The number of rotatable bonds is 6. The summed E-state index contributed by atoms with van der Waals surface area (Å²) in [4.78, 5) is 12.8. The molecule has 0 bridgehead atoms. The largest absolute Gasteiger partial charge is 0.406 e. The summed E-state index contributed by atoms with van der Waals surface area (Å²) >= 11 is 0. The zero-order valence-electron chi connectivity index (χ0n) is 10.8. The van der Waals surface area contributed by atoms with Crippen LogP contribution in [0, 0.1) is 0 Å². The zero-order chi connectivity index (χ0) is 13.7. The van der Waals surface area contributed by atoms with Gasteiger partial charge in [-0.2, -0.15) is 13.2 Å². The highest BCUT2D eigenvalue weighted by atomic mass is 19.4. The van der Waals surface area contributed by atoms with Crippen LogP contribution in [0.25, 0.3) is 0 Å². The predicted octanol–water partition coefficient (Wildman–Crippen LogP) is 2.18. The van der Waals surface area contributed by atoms with Gasteiger partial charge in [0.1, 0.15) is 6.54 Å². The molecule has 0 aromatic carbocycles. The van der Waals surface area contributed by atoms with E-state index < -0.39 is 24.2 Å². The Labute approximate surface area is 100 Å². The summed E-state index contributed by atoms with van der Waals surface area (Å²) in [7, 11) is 1.56. The number of likely N-dealkylation sites (N-methyl/N-ethyl adjacent to an activating group) is 1. The minimum atomic E-state index is -4.35. The number of amides is 1. The first kappa shape index (κ1) is 16.2. The lowest BCUT2D eigenvalue weighted by Gasteiger charge is -2.32. The molecule has 102 valence electrons. The zero-order valence-corrected chi connectivity index (χ0v) is 10.8. The van der Waals surface area contributed by atoms with Gasteiger partial charge in [-0.3, -0.25) is 4.79 Å². The molecule has 1 amide bonds. The van der Waals surface area contributed by atoms with Gasteiger partial charge in [0.05, 0.1) is 5.54 Å². The second kappa shape index (κ2) is 6.23. The van der Waals surface area contributed by atoms with Crippen molar-refractivity contribution in [2.75, 3.05) is 20.1 Å². The molecule has 0 heterocycles. The first-order valence-electron chi connectivity index (χ1n) is 5.69. The van der Waals surface area contributed by atoms with E-state index in [1.165, 1.54) is 0 Å². The number of carbonyl (C=O) groups is 1. The van der Waals surface area contributed by atoms with Crippen molar-refractivity contribution in [1.82, 2.24) is 10.2 Å². The van der Waals surface area contributed by atoms with E-state index in [0.29, 0.717) is 6.42 Å². The number of hydrogen-bond donors (Lipinski definition) is 1. The van der Waals surface area contributed by atoms with Crippen LogP contribution in [0.1, 0.15) is 33.6 Å². The van der Waals surface area contributed by atoms with Crippen molar-refractivity contribution in [3.8, 4) is 0 Å². The maximum absolute atomic E-state index is 12.4. The lowest BCUT2D eigenvalue weighted by atomic mass is 10.0. The maximum atomic E-state index is 12.4. The van der Waals surface area contributed by atoms with Crippen molar-refractivity contribution in [1.29, 1.82) is 0 Å². The van der Waals surface area contributed by atoms with Crippen LogP contribution in [0.4, 0.5) is 13.2 Å². The summed E-state index contributed by atoms with van der Waals surface area (Å²) < 4.78 is 37.1. The van der Waals surface area contributed by atoms with Gasteiger partial charge in [0.2, 0.25) is 5.91 Å². The Bertz CT molecular complexity index is 252. The summed E-state index contributed by atoms with van der Waals surface area (Å²) in [6, 6.07) is 0. The molecule has 0 saturated carbocycles. The molecule has 0 aliphatic carbocycles. The Kier molecular flexibility index (Phi) is 5.95. The van der Waals surface area contributed by atoms with Crippen LogP contribution < -0.4 is 5.32 Å². The van der Waals surface area contributed by atoms with Gasteiger partial charge in [0.25, 0.3) is 0 Å². The minimum Gasteiger partial charge on any atom is -0.332 e. The molecule has 0 aliphatic rings. The summed E-state index contributed by atoms with van der Waals surface area (Å²) in [5.74, 6) is -0.522. The van der Waals surface area contributed by atoms with E-state index >= 15 is 0 Å². The fourth-order valence-corrected chi connectivity index (χ4v) is 1.32. The molecule has 0 aromatic heterocycles. The third kappa shape index (κ3) is 5.91.